The molecule has 0 spiro atoms. The van der Waals surface area contributed by atoms with E-state index in [0.29, 0.717) is 17.6 Å². The van der Waals surface area contributed by atoms with Gasteiger partial charge in [0.15, 0.2) is 0 Å². The zero-order chi connectivity index (χ0) is 19.2. The van der Waals surface area contributed by atoms with Gasteiger partial charge >= 0.3 is 27.2 Å². The standard InChI is InChI=1S/C19H25N3O3S.ClH.Pt/c1-19(2,3)25-18(24)22-15(10-12-26-4)17(23)21-14-9-5-7-13-8-6-11-20-16(13)14;;/h5-9,11,15H,10,12H2,1-4H3,(H,21,23)(H,22,24);1H;/q;;+2/p-1. The van der Waals surface area contributed by atoms with Crippen LogP contribution in [0.15, 0.2) is 36.5 Å². The Morgan fingerprint density at radius 3 is 2.54 bits per heavy atom. The van der Waals surface area contributed by atoms with Crippen LogP contribution in [0.3, 0.4) is 0 Å². The Morgan fingerprint density at radius 2 is 1.89 bits per heavy atom. The summed E-state index contributed by atoms with van der Waals surface area (Å²) >= 11 is 1.61. The molecule has 9 heteroatoms. The maximum absolute atomic E-state index is 12.7. The first kappa shape index (κ1) is 26.7. The molecule has 1 atom stereocenters. The number of nitrogens with zero attached hydrogens (tertiary/aromatic N) is 1. The van der Waals surface area contributed by atoms with Gasteiger partial charge in [-0.15, -0.1) is 0 Å². The van der Waals surface area contributed by atoms with Crippen LogP contribution in [0.2, 0.25) is 0 Å². The van der Waals surface area contributed by atoms with Gasteiger partial charge in [-0.3, -0.25) is 9.78 Å². The topological polar surface area (TPSA) is 80.3 Å². The van der Waals surface area contributed by atoms with Crippen LogP contribution in [-0.4, -0.2) is 40.6 Å². The van der Waals surface area contributed by atoms with Crippen LogP contribution < -0.4 is 23.0 Å². The Bertz CT molecular complexity index is 781. The Labute approximate surface area is 190 Å². The van der Waals surface area contributed by atoms with E-state index in [4.69, 9.17) is 4.74 Å². The summed E-state index contributed by atoms with van der Waals surface area (Å²) in [6, 6.07) is 8.68. The molecule has 6 nitrogen and oxygen atoms in total. The number of aromatic nitrogens is 1. The number of thioether (sulfide) groups is 1. The molecule has 0 saturated carbocycles. The van der Waals surface area contributed by atoms with Gasteiger partial charge in [0.05, 0.1) is 11.2 Å². The Kier molecular flexibility index (Phi) is 11.7. The first-order chi connectivity index (χ1) is 12.3. The van der Waals surface area contributed by atoms with Crippen LogP contribution in [0.1, 0.15) is 27.2 Å². The molecule has 156 valence electrons. The van der Waals surface area contributed by atoms with Crippen molar-refractivity contribution in [2.45, 2.75) is 38.8 Å². The molecule has 1 heterocycles. The van der Waals surface area contributed by atoms with Gasteiger partial charge in [0, 0.05) is 11.6 Å². The van der Waals surface area contributed by atoms with E-state index in [1.807, 2.05) is 30.5 Å². The van der Waals surface area contributed by atoms with E-state index >= 15 is 0 Å². The Hall–Kier alpha value is -1.30. The number of alkyl carbamates (subject to hydrolysis) is 1. The van der Waals surface area contributed by atoms with E-state index in [1.165, 1.54) is 0 Å². The second-order valence-corrected chi connectivity index (χ2v) is 7.84. The van der Waals surface area contributed by atoms with Crippen LogP contribution in [0.5, 0.6) is 0 Å². The molecule has 2 aromatic rings. The van der Waals surface area contributed by atoms with Gasteiger partial charge in [-0.25, -0.2) is 4.79 Å². The van der Waals surface area contributed by atoms with E-state index in [2.05, 4.69) is 15.6 Å². The van der Waals surface area contributed by atoms with Crippen molar-refractivity contribution in [3.63, 3.8) is 0 Å². The van der Waals surface area contributed by atoms with Crippen LogP contribution in [0, 0.1) is 0 Å². The zero-order valence-corrected chi connectivity index (χ0v) is 20.1. The van der Waals surface area contributed by atoms with E-state index in [9.17, 15) is 9.59 Å². The molecule has 0 aliphatic carbocycles. The van der Waals surface area contributed by atoms with Crippen molar-refractivity contribution in [2.24, 2.45) is 0 Å². The van der Waals surface area contributed by atoms with Crippen LogP contribution in [0.4, 0.5) is 10.5 Å². The second kappa shape index (κ2) is 12.3. The summed E-state index contributed by atoms with van der Waals surface area (Å²) < 4.78 is 5.27. The number of carbonyl (C=O) groups is 2. The van der Waals surface area contributed by atoms with E-state index in [-0.39, 0.29) is 39.4 Å². The Morgan fingerprint density at radius 1 is 1.21 bits per heavy atom. The average molecular weight is 606 g/mol. The molecule has 0 bridgehead atoms. The van der Waals surface area contributed by atoms with Gasteiger partial charge in [0.25, 0.3) is 0 Å². The first-order valence-corrected chi connectivity index (χ1v) is 9.82. The number of nitrogens with one attached hydrogen (secondary N) is 2. The molecule has 0 fully saturated rings. The van der Waals surface area contributed by atoms with Gasteiger partial charge in [-0.05, 0) is 51.3 Å². The van der Waals surface area contributed by atoms with Gasteiger partial charge in [0.1, 0.15) is 11.6 Å². The number of anilines is 1. The molecule has 0 saturated heterocycles. The number of hydrogen-bond acceptors (Lipinski definition) is 5. The van der Waals surface area contributed by atoms with Crippen molar-refractivity contribution in [1.82, 2.24) is 10.3 Å². The van der Waals surface area contributed by atoms with Gasteiger partial charge in [0.2, 0.25) is 5.91 Å². The molecule has 2 N–H and O–H groups in total. The maximum Gasteiger partial charge on any atom is 2.00 e. The number of hydrogen-bond donors (Lipinski definition) is 2. The normalized spacial score (nSPS) is 11.6. The summed E-state index contributed by atoms with van der Waals surface area (Å²) in [5.41, 5.74) is 0.710. The van der Waals surface area contributed by atoms with Gasteiger partial charge in [-0.1, -0.05) is 18.2 Å². The summed E-state index contributed by atoms with van der Waals surface area (Å²) in [5, 5.41) is 6.49. The minimum absolute atomic E-state index is 0. The minimum atomic E-state index is -0.684. The number of halogens is 1. The van der Waals surface area contributed by atoms with Gasteiger partial charge in [-0.2, -0.15) is 11.8 Å². The molecule has 28 heavy (non-hydrogen) atoms. The number of ether oxygens (including phenoxy) is 1. The van der Waals surface area contributed by atoms with Crippen molar-refractivity contribution in [3.05, 3.63) is 36.5 Å². The van der Waals surface area contributed by atoms with Crippen molar-refractivity contribution in [2.75, 3.05) is 17.3 Å². The second-order valence-electron chi connectivity index (χ2n) is 6.85. The smallest absolute Gasteiger partial charge is 1.00 e. The summed E-state index contributed by atoms with van der Waals surface area (Å²) in [6.45, 7) is 5.35. The molecule has 1 aromatic heterocycles. The number of amides is 2. The van der Waals surface area contributed by atoms with Gasteiger partial charge < -0.3 is 27.8 Å². The van der Waals surface area contributed by atoms with Crippen molar-refractivity contribution in [1.29, 1.82) is 0 Å². The molecule has 2 amide bonds. The van der Waals surface area contributed by atoms with E-state index in [1.54, 1.807) is 44.8 Å². The molecule has 0 aliphatic heterocycles. The summed E-state index contributed by atoms with van der Waals surface area (Å²) in [6.07, 6.45) is 3.54. The molecule has 0 radical (unpaired) electrons. The van der Waals surface area contributed by atoms with Crippen molar-refractivity contribution >= 4 is 40.4 Å². The molecular formula is C19H25ClN3O3PtS+. The number of para-hydroxylation sites is 1. The molecule has 0 aliphatic rings. The molecule has 1 aromatic carbocycles. The van der Waals surface area contributed by atoms with E-state index in [0.717, 1.165) is 11.1 Å². The summed E-state index contributed by atoms with van der Waals surface area (Å²) in [5.74, 6) is 0.449. The Balaban J connectivity index is 0.00000364. The number of fused-ring (bicyclic) bond motifs is 1. The fraction of sp³-hybridized carbons (Fsp3) is 0.421. The van der Waals surface area contributed by atoms with E-state index < -0.39 is 17.7 Å². The maximum atomic E-state index is 12.7. The van der Waals surface area contributed by atoms with Crippen LogP contribution in [-0.2, 0) is 30.6 Å². The molecular weight excluding hydrogens is 581 g/mol. The number of benzene rings is 1. The zero-order valence-electron chi connectivity index (χ0n) is 16.2. The summed E-state index contributed by atoms with van der Waals surface area (Å²) in [7, 11) is 0. The number of rotatable bonds is 6. The first-order valence-electron chi connectivity index (χ1n) is 8.43. The van der Waals surface area contributed by atoms with Crippen LogP contribution >= 0.6 is 11.8 Å². The van der Waals surface area contributed by atoms with Crippen LogP contribution in [0.25, 0.3) is 10.9 Å². The predicted molar refractivity (Wildman–Crippen MR) is 107 cm³/mol. The fourth-order valence-electron chi connectivity index (χ4n) is 2.38. The third kappa shape index (κ3) is 8.37. The fourth-order valence-corrected chi connectivity index (χ4v) is 2.85. The number of pyridine rings is 1. The summed E-state index contributed by atoms with van der Waals surface area (Å²) in [4.78, 5) is 29.1. The SMILES string of the molecule is CSCCC(NC(=O)OC(C)(C)C)C(=O)Nc1cccc2cccnc12.[Cl-].[Pt+2]. The average Bonchev–Trinajstić information content (AvgIpc) is 2.57. The van der Waals surface area contributed by atoms with Crippen molar-refractivity contribution < 1.29 is 47.8 Å². The number of carbonyl (C=O) groups excluding carboxylic acids is 2. The third-order valence-electron chi connectivity index (χ3n) is 3.51. The predicted octanol–water partition coefficient (Wildman–Crippen LogP) is 0.821. The monoisotopic (exact) mass is 605 g/mol. The largest absolute Gasteiger partial charge is 2.00 e. The third-order valence-corrected chi connectivity index (χ3v) is 4.15. The molecule has 2 rings (SSSR count). The quantitative estimate of drug-likeness (QED) is 0.510. The minimum Gasteiger partial charge on any atom is -1.00 e. The van der Waals surface area contributed by atoms with Crippen molar-refractivity contribution in [3.8, 4) is 0 Å². The molecule has 1 unspecified atom stereocenters.